The summed E-state index contributed by atoms with van der Waals surface area (Å²) >= 11 is 0. The van der Waals surface area contributed by atoms with Gasteiger partial charge in [-0.2, -0.15) is 0 Å². The second-order valence-corrected chi connectivity index (χ2v) is 8.12. The van der Waals surface area contributed by atoms with Crippen molar-refractivity contribution in [2.24, 2.45) is 5.92 Å². The van der Waals surface area contributed by atoms with E-state index < -0.39 is 10.0 Å². The van der Waals surface area contributed by atoms with Crippen molar-refractivity contribution in [1.82, 2.24) is 5.32 Å². The molecule has 6 heteroatoms. The number of hydrogen-bond donors (Lipinski definition) is 1. The maximum atomic E-state index is 13.0. The van der Waals surface area contributed by atoms with Crippen molar-refractivity contribution in [3.63, 3.8) is 0 Å². The zero-order valence-corrected chi connectivity index (χ0v) is 15.5. The summed E-state index contributed by atoms with van der Waals surface area (Å²) in [7, 11) is -3.83. The van der Waals surface area contributed by atoms with Crippen LogP contribution < -0.4 is 9.62 Å². The summed E-state index contributed by atoms with van der Waals surface area (Å²) < 4.78 is 27.2. The van der Waals surface area contributed by atoms with Gasteiger partial charge in [0.1, 0.15) is 6.54 Å². The Morgan fingerprint density at radius 3 is 2.00 bits per heavy atom. The van der Waals surface area contributed by atoms with Crippen LogP contribution in [0.5, 0.6) is 0 Å². The fourth-order valence-electron chi connectivity index (χ4n) is 2.23. The van der Waals surface area contributed by atoms with E-state index in [1.165, 1.54) is 12.1 Å². The Bertz CT molecular complexity index is 790. The van der Waals surface area contributed by atoms with E-state index in [9.17, 15) is 13.2 Å². The second kappa shape index (κ2) is 8.16. The van der Waals surface area contributed by atoms with Crippen LogP contribution in [0.25, 0.3) is 0 Å². The summed E-state index contributed by atoms with van der Waals surface area (Å²) in [6, 6.07) is 16.8. The Hall–Kier alpha value is -2.34. The third kappa shape index (κ3) is 4.82. The first-order valence-corrected chi connectivity index (χ1v) is 9.68. The molecule has 0 spiro atoms. The molecule has 1 unspecified atom stereocenters. The van der Waals surface area contributed by atoms with E-state index in [0.29, 0.717) is 5.69 Å². The number of para-hydroxylation sites is 1. The van der Waals surface area contributed by atoms with E-state index in [2.05, 4.69) is 5.32 Å². The number of hydrogen-bond acceptors (Lipinski definition) is 3. The van der Waals surface area contributed by atoms with Gasteiger partial charge in [0.15, 0.2) is 0 Å². The summed E-state index contributed by atoms with van der Waals surface area (Å²) in [6.07, 6.45) is 0. The van der Waals surface area contributed by atoms with Gasteiger partial charge in [0, 0.05) is 6.04 Å². The van der Waals surface area contributed by atoms with E-state index >= 15 is 0 Å². The van der Waals surface area contributed by atoms with Crippen LogP contribution in [0.1, 0.15) is 20.8 Å². The lowest BCUT2D eigenvalue weighted by molar-refractivity contribution is -0.120. The predicted octanol–water partition coefficient (Wildman–Crippen LogP) is 3.04. The van der Waals surface area contributed by atoms with Crippen molar-refractivity contribution >= 4 is 21.6 Å². The third-order valence-electron chi connectivity index (χ3n) is 4.05. The molecule has 134 valence electrons. The molecule has 5 nitrogen and oxygen atoms in total. The Morgan fingerprint density at radius 1 is 0.960 bits per heavy atom. The topological polar surface area (TPSA) is 66.5 Å². The van der Waals surface area contributed by atoms with Crippen LogP contribution in [-0.2, 0) is 14.8 Å². The molecule has 1 atom stereocenters. The molecule has 0 saturated heterocycles. The number of benzene rings is 2. The van der Waals surface area contributed by atoms with Gasteiger partial charge in [0.25, 0.3) is 10.0 Å². The number of carbonyl (C=O) groups excluding carboxylic acids is 1. The van der Waals surface area contributed by atoms with Gasteiger partial charge in [-0.1, -0.05) is 50.2 Å². The quantitative estimate of drug-likeness (QED) is 0.825. The van der Waals surface area contributed by atoms with Crippen molar-refractivity contribution in [3.05, 3.63) is 60.7 Å². The Morgan fingerprint density at radius 2 is 1.48 bits per heavy atom. The SMILES string of the molecule is CC(C)C(C)NC(=O)CN(c1ccccc1)S(=O)(=O)c1ccccc1. The molecule has 0 fully saturated rings. The molecule has 0 aliphatic carbocycles. The van der Waals surface area contributed by atoms with Crippen LogP contribution in [0.3, 0.4) is 0 Å². The van der Waals surface area contributed by atoms with E-state index in [0.717, 1.165) is 4.31 Å². The molecular formula is C19H24N2O3S. The van der Waals surface area contributed by atoms with Crippen molar-refractivity contribution in [3.8, 4) is 0 Å². The summed E-state index contributed by atoms with van der Waals surface area (Å²) in [4.78, 5) is 12.6. The van der Waals surface area contributed by atoms with Gasteiger partial charge in [-0.15, -0.1) is 0 Å². The fourth-order valence-corrected chi connectivity index (χ4v) is 3.67. The van der Waals surface area contributed by atoms with Gasteiger partial charge in [-0.05, 0) is 37.1 Å². The summed E-state index contributed by atoms with van der Waals surface area (Å²) in [5, 5.41) is 2.86. The van der Waals surface area contributed by atoms with Crippen molar-refractivity contribution < 1.29 is 13.2 Å². The van der Waals surface area contributed by atoms with Crippen LogP contribution in [0.2, 0.25) is 0 Å². The molecule has 2 aromatic carbocycles. The highest BCUT2D eigenvalue weighted by Gasteiger charge is 2.27. The van der Waals surface area contributed by atoms with E-state index in [1.54, 1.807) is 48.5 Å². The van der Waals surface area contributed by atoms with Crippen LogP contribution in [-0.4, -0.2) is 26.9 Å². The lowest BCUT2D eigenvalue weighted by atomic mass is 10.1. The van der Waals surface area contributed by atoms with Crippen molar-refractivity contribution in [1.29, 1.82) is 0 Å². The standard InChI is InChI=1S/C19H24N2O3S/c1-15(2)16(3)20-19(22)14-21(17-10-6-4-7-11-17)25(23,24)18-12-8-5-9-13-18/h4-13,15-16H,14H2,1-3H3,(H,20,22). The molecule has 1 amide bonds. The van der Waals surface area contributed by atoms with Crippen LogP contribution in [0.4, 0.5) is 5.69 Å². The van der Waals surface area contributed by atoms with Crippen LogP contribution >= 0.6 is 0 Å². The second-order valence-electron chi connectivity index (χ2n) is 6.26. The minimum Gasteiger partial charge on any atom is -0.352 e. The molecule has 0 radical (unpaired) electrons. The number of carbonyl (C=O) groups is 1. The molecule has 2 aromatic rings. The minimum atomic E-state index is -3.83. The zero-order chi connectivity index (χ0) is 18.4. The molecular weight excluding hydrogens is 336 g/mol. The summed E-state index contributed by atoms with van der Waals surface area (Å²) in [5.41, 5.74) is 0.457. The zero-order valence-electron chi connectivity index (χ0n) is 14.7. The van der Waals surface area contributed by atoms with Crippen molar-refractivity contribution in [2.75, 3.05) is 10.8 Å². The normalized spacial score (nSPS) is 12.6. The highest BCUT2D eigenvalue weighted by atomic mass is 32.2. The van der Waals surface area contributed by atoms with Crippen molar-refractivity contribution in [2.45, 2.75) is 31.7 Å². The molecule has 0 saturated carbocycles. The van der Waals surface area contributed by atoms with Gasteiger partial charge < -0.3 is 5.32 Å². The Labute approximate surface area is 149 Å². The smallest absolute Gasteiger partial charge is 0.264 e. The molecule has 0 aliphatic heterocycles. The van der Waals surface area contributed by atoms with Gasteiger partial charge in [-0.25, -0.2) is 8.42 Å². The summed E-state index contributed by atoms with van der Waals surface area (Å²) in [5.74, 6) is -0.0654. The fraction of sp³-hybridized carbons (Fsp3) is 0.316. The van der Waals surface area contributed by atoms with Gasteiger partial charge in [0.05, 0.1) is 10.6 Å². The maximum Gasteiger partial charge on any atom is 0.264 e. The Balaban J connectivity index is 2.34. The largest absolute Gasteiger partial charge is 0.352 e. The number of anilines is 1. The molecule has 0 aliphatic rings. The molecule has 0 bridgehead atoms. The third-order valence-corrected chi connectivity index (χ3v) is 5.84. The van der Waals surface area contributed by atoms with Crippen LogP contribution in [0, 0.1) is 5.92 Å². The summed E-state index contributed by atoms with van der Waals surface area (Å²) in [6.45, 7) is 5.64. The molecule has 0 aromatic heterocycles. The molecule has 2 rings (SSSR count). The number of rotatable bonds is 7. The van der Waals surface area contributed by atoms with Gasteiger partial charge >= 0.3 is 0 Å². The molecule has 0 heterocycles. The average molecular weight is 360 g/mol. The highest BCUT2D eigenvalue weighted by Crippen LogP contribution is 2.23. The first kappa shape index (κ1) is 19.0. The van der Waals surface area contributed by atoms with Gasteiger partial charge in [0.2, 0.25) is 5.91 Å². The maximum absolute atomic E-state index is 13.0. The predicted molar refractivity (Wildman–Crippen MR) is 99.9 cm³/mol. The van der Waals surface area contributed by atoms with E-state index in [-0.39, 0.29) is 29.3 Å². The number of sulfonamides is 1. The van der Waals surface area contributed by atoms with E-state index in [4.69, 9.17) is 0 Å². The minimum absolute atomic E-state index is 0.0375. The molecule has 25 heavy (non-hydrogen) atoms. The Kier molecular flexibility index (Phi) is 6.20. The first-order valence-electron chi connectivity index (χ1n) is 8.24. The van der Waals surface area contributed by atoms with Crippen LogP contribution in [0.15, 0.2) is 65.6 Å². The lowest BCUT2D eigenvalue weighted by Gasteiger charge is -2.25. The number of nitrogens with zero attached hydrogens (tertiary/aromatic N) is 1. The molecule has 1 N–H and O–H groups in total. The lowest BCUT2D eigenvalue weighted by Crippen LogP contribution is -2.44. The number of nitrogens with one attached hydrogen (secondary N) is 1. The first-order chi connectivity index (χ1) is 11.8. The monoisotopic (exact) mass is 360 g/mol. The average Bonchev–Trinajstić information content (AvgIpc) is 2.61. The van der Waals surface area contributed by atoms with E-state index in [1.807, 2.05) is 20.8 Å². The van der Waals surface area contributed by atoms with Gasteiger partial charge in [-0.3, -0.25) is 9.10 Å². The number of amides is 1. The highest BCUT2D eigenvalue weighted by molar-refractivity contribution is 7.92.